The molecule has 1 aromatic rings. The van der Waals surface area contributed by atoms with Crippen molar-refractivity contribution in [3.63, 3.8) is 0 Å². The Morgan fingerprint density at radius 1 is 1.09 bits per heavy atom. The maximum Gasteiger partial charge on any atom is 0.224 e. The summed E-state index contributed by atoms with van der Waals surface area (Å²) in [4.78, 5) is 11.8. The van der Waals surface area contributed by atoms with Crippen LogP contribution in [0.3, 0.4) is 0 Å². The van der Waals surface area contributed by atoms with E-state index in [0.717, 1.165) is 54.8 Å². The van der Waals surface area contributed by atoms with E-state index < -0.39 is 0 Å². The monoisotopic (exact) mass is 419 g/mol. The van der Waals surface area contributed by atoms with Gasteiger partial charge in [-0.1, -0.05) is 35.9 Å². The Morgan fingerprint density at radius 2 is 1.82 bits per heavy atom. The molecule has 5 heteroatoms. The lowest BCUT2D eigenvalue weighted by Crippen LogP contribution is -2.12. The van der Waals surface area contributed by atoms with Gasteiger partial charge in [-0.25, -0.2) is 0 Å². The average Bonchev–Trinajstić information content (AvgIpc) is 2.53. The molecule has 0 saturated carbocycles. The van der Waals surface area contributed by atoms with Crippen LogP contribution in [0.25, 0.3) is 0 Å². The zero-order chi connectivity index (χ0) is 16.0. The molecule has 0 heterocycles. The molecule has 0 aliphatic rings. The molecule has 1 N–H and O–H groups in total. The van der Waals surface area contributed by atoms with Crippen molar-refractivity contribution >= 4 is 34.2 Å². The number of amides is 1. The van der Waals surface area contributed by atoms with E-state index >= 15 is 0 Å². The van der Waals surface area contributed by atoms with Crippen molar-refractivity contribution in [1.82, 2.24) is 0 Å². The maximum atomic E-state index is 11.8. The summed E-state index contributed by atoms with van der Waals surface area (Å²) in [5.74, 6) is 0.866. The van der Waals surface area contributed by atoms with Crippen LogP contribution >= 0.6 is 22.6 Å². The fourth-order valence-electron chi connectivity index (χ4n) is 1.79. The lowest BCUT2D eigenvalue weighted by molar-refractivity contribution is -0.116. The Kier molecular flexibility index (Phi) is 11.1. The summed E-state index contributed by atoms with van der Waals surface area (Å²) in [6.07, 6.45) is 4.50. The van der Waals surface area contributed by atoms with Gasteiger partial charge in [0.1, 0.15) is 5.75 Å². The van der Waals surface area contributed by atoms with Gasteiger partial charge >= 0.3 is 0 Å². The summed E-state index contributed by atoms with van der Waals surface area (Å²) >= 11 is 2.33. The van der Waals surface area contributed by atoms with Crippen LogP contribution in [0.4, 0.5) is 5.69 Å². The average molecular weight is 419 g/mol. The van der Waals surface area contributed by atoms with Crippen LogP contribution in [-0.2, 0) is 9.53 Å². The highest BCUT2D eigenvalue weighted by Crippen LogP contribution is 2.16. The first-order valence-corrected chi connectivity index (χ1v) is 9.45. The van der Waals surface area contributed by atoms with Gasteiger partial charge in [0.05, 0.1) is 6.61 Å². The second-order valence-electron chi connectivity index (χ2n) is 5.03. The Labute approximate surface area is 147 Å². The van der Waals surface area contributed by atoms with E-state index in [1.807, 2.05) is 24.3 Å². The SMILES string of the molecule is CCCCOCCCC(=O)Nc1ccc(OCCCI)cc1. The summed E-state index contributed by atoms with van der Waals surface area (Å²) in [5, 5.41) is 2.89. The van der Waals surface area contributed by atoms with E-state index in [9.17, 15) is 4.79 Å². The standard InChI is InChI=1S/C17H26INO3/c1-2-3-12-21-13-4-6-17(20)19-15-7-9-16(10-8-15)22-14-5-11-18/h7-10H,2-6,11-14H2,1H3,(H,19,20). The van der Waals surface area contributed by atoms with E-state index in [1.165, 1.54) is 0 Å². The Morgan fingerprint density at radius 3 is 2.50 bits per heavy atom. The highest BCUT2D eigenvalue weighted by molar-refractivity contribution is 14.1. The number of hydrogen-bond donors (Lipinski definition) is 1. The molecular formula is C17H26INO3. The van der Waals surface area contributed by atoms with Crippen LogP contribution in [0.5, 0.6) is 5.75 Å². The van der Waals surface area contributed by atoms with Crippen LogP contribution in [0.2, 0.25) is 0 Å². The summed E-state index contributed by atoms with van der Waals surface area (Å²) in [5.41, 5.74) is 0.804. The molecule has 1 amide bonds. The van der Waals surface area contributed by atoms with Crippen LogP contribution in [-0.4, -0.2) is 30.2 Å². The molecule has 0 atom stereocenters. The van der Waals surface area contributed by atoms with Gasteiger partial charge in [0.2, 0.25) is 5.91 Å². The molecule has 0 aliphatic heterocycles. The van der Waals surface area contributed by atoms with Crippen molar-refractivity contribution in [2.45, 2.75) is 39.0 Å². The largest absolute Gasteiger partial charge is 0.494 e. The predicted molar refractivity (Wildman–Crippen MR) is 99.0 cm³/mol. The zero-order valence-electron chi connectivity index (χ0n) is 13.3. The fourth-order valence-corrected chi connectivity index (χ4v) is 2.10. The molecule has 0 spiro atoms. The number of anilines is 1. The number of carbonyl (C=O) groups is 1. The second kappa shape index (κ2) is 12.7. The van der Waals surface area contributed by atoms with E-state index in [1.54, 1.807) is 0 Å². The van der Waals surface area contributed by atoms with Gasteiger partial charge in [-0.3, -0.25) is 4.79 Å². The third kappa shape index (κ3) is 9.25. The Balaban J connectivity index is 2.18. The molecule has 0 unspecified atom stereocenters. The lowest BCUT2D eigenvalue weighted by Gasteiger charge is -2.08. The number of benzene rings is 1. The van der Waals surface area contributed by atoms with Gasteiger partial charge in [0, 0.05) is 29.7 Å². The molecule has 4 nitrogen and oxygen atoms in total. The van der Waals surface area contributed by atoms with Gasteiger partial charge in [0.15, 0.2) is 0 Å². The fraction of sp³-hybridized carbons (Fsp3) is 0.588. The van der Waals surface area contributed by atoms with Crippen molar-refractivity contribution in [1.29, 1.82) is 0 Å². The molecule has 22 heavy (non-hydrogen) atoms. The quantitative estimate of drug-likeness (QED) is 0.310. The Bertz CT molecular complexity index is 409. The number of halogens is 1. The molecule has 0 aromatic heterocycles. The van der Waals surface area contributed by atoms with Crippen LogP contribution in [0, 0.1) is 0 Å². The van der Waals surface area contributed by atoms with Crippen molar-refractivity contribution in [3.05, 3.63) is 24.3 Å². The van der Waals surface area contributed by atoms with E-state index in [4.69, 9.17) is 9.47 Å². The molecule has 1 aromatic carbocycles. The first-order valence-electron chi connectivity index (χ1n) is 7.92. The summed E-state index contributed by atoms with van der Waals surface area (Å²) in [6.45, 7) is 4.30. The van der Waals surface area contributed by atoms with Gasteiger partial charge in [-0.2, -0.15) is 0 Å². The normalized spacial score (nSPS) is 10.5. The maximum absolute atomic E-state index is 11.8. The van der Waals surface area contributed by atoms with Crippen LogP contribution < -0.4 is 10.1 Å². The topological polar surface area (TPSA) is 47.6 Å². The number of unbranched alkanes of at least 4 members (excludes halogenated alkanes) is 1. The smallest absolute Gasteiger partial charge is 0.224 e. The van der Waals surface area contributed by atoms with Crippen molar-refractivity contribution < 1.29 is 14.3 Å². The number of alkyl halides is 1. The van der Waals surface area contributed by atoms with E-state index in [2.05, 4.69) is 34.8 Å². The minimum Gasteiger partial charge on any atom is -0.494 e. The van der Waals surface area contributed by atoms with Crippen molar-refractivity contribution in [3.8, 4) is 5.75 Å². The molecule has 0 fully saturated rings. The van der Waals surface area contributed by atoms with Gasteiger partial charge in [-0.15, -0.1) is 0 Å². The minimum atomic E-state index is 0.0256. The molecule has 124 valence electrons. The van der Waals surface area contributed by atoms with Crippen molar-refractivity contribution in [2.24, 2.45) is 0 Å². The van der Waals surface area contributed by atoms with E-state index in [-0.39, 0.29) is 5.91 Å². The zero-order valence-corrected chi connectivity index (χ0v) is 15.4. The summed E-state index contributed by atoms with van der Waals surface area (Å²) in [6, 6.07) is 7.51. The Hall–Kier alpha value is -0.820. The second-order valence-corrected chi connectivity index (χ2v) is 6.11. The number of hydrogen-bond acceptors (Lipinski definition) is 3. The minimum absolute atomic E-state index is 0.0256. The molecule has 1 rings (SSSR count). The van der Waals surface area contributed by atoms with E-state index in [0.29, 0.717) is 13.0 Å². The molecule has 0 aliphatic carbocycles. The summed E-state index contributed by atoms with van der Waals surface area (Å²) < 4.78 is 12.1. The van der Waals surface area contributed by atoms with Gasteiger partial charge in [-0.05, 0) is 43.5 Å². The molecule has 0 bridgehead atoms. The molecule has 0 radical (unpaired) electrons. The number of nitrogens with one attached hydrogen (secondary N) is 1. The molecular weight excluding hydrogens is 393 g/mol. The number of ether oxygens (including phenoxy) is 2. The highest BCUT2D eigenvalue weighted by Gasteiger charge is 2.03. The third-order valence-electron chi connectivity index (χ3n) is 3.02. The first kappa shape index (κ1) is 19.2. The third-order valence-corrected chi connectivity index (χ3v) is 3.78. The lowest BCUT2D eigenvalue weighted by atomic mass is 10.2. The number of carbonyl (C=O) groups excluding carboxylic acids is 1. The molecule has 0 saturated heterocycles. The predicted octanol–water partition coefficient (Wildman–Crippen LogP) is 4.43. The highest BCUT2D eigenvalue weighted by atomic mass is 127. The van der Waals surface area contributed by atoms with Crippen LogP contribution in [0.1, 0.15) is 39.0 Å². The van der Waals surface area contributed by atoms with Gasteiger partial charge in [0.25, 0.3) is 0 Å². The first-order chi connectivity index (χ1) is 10.8. The van der Waals surface area contributed by atoms with Gasteiger partial charge < -0.3 is 14.8 Å². The van der Waals surface area contributed by atoms with Crippen LogP contribution in [0.15, 0.2) is 24.3 Å². The summed E-state index contributed by atoms with van der Waals surface area (Å²) in [7, 11) is 0. The number of rotatable bonds is 12. The van der Waals surface area contributed by atoms with Crippen molar-refractivity contribution in [2.75, 3.05) is 29.6 Å².